The average Bonchev–Trinajstić information content (AvgIpc) is 2.30. The van der Waals surface area contributed by atoms with Crippen molar-refractivity contribution in [3.05, 3.63) is 29.8 Å². The molecule has 102 valence electrons. The first-order valence-corrected chi connectivity index (χ1v) is 5.53. The summed E-state index contributed by atoms with van der Waals surface area (Å²) in [4.78, 5) is 33.1. The van der Waals surface area contributed by atoms with Gasteiger partial charge in [-0.25, -0.2) is 4.79 Å². The third kappa shape index (κ3) is 5.07. The lowest BCUT2D eigenvalue weighted by molar-refractivity contribution is -0.143. The molecule has 0 spiro atoms. The second-order valence-corrected chi connectivity index (χ2v) is 4.05. The summed E-state index contributed by atoms with van der Waals surface area (Å²) in [6.45, 7) is 0. The number of nitrogens with one attached hydrogen (secondary N) is 1. The summed E-state index contributed by atoms with van der Waals surface area (Å²) in [5.41, 5.74) is 11.7. The number of nitrogens with two attached hydrogens (primary N) is 2. The minimum Gasteiger partial charge on any atom is -0.480 e. The van der Waals surface area contributed by atoms with Gasteiger partial charge in [-0.15, -0.1) is 0 Å². The second-order valence-electron chi connectivity index (χ2n) is 4.05. The molecule has 0 saturated carbocycles. The van der Waals surface area contributed by atoms with Crippen molar-refractivity contribution in [1.29, 1.82) is 0 Å². The van der Waals surface area contributed by atoms with Gasteiger partial charge < -0.3 is 21.9 Å². The van der Waals surface area contributed by atoms with Crippen molar-refractivity contribution in [2.45, 2.75) is 18.9 Å². The molecule has 0 aromatic heterocycles. The van der Waals surface area contributed by atoms with Gasteiger partial charge in [0.25, 0.3) is 0 Å². The molecule has 7 heteroatoms. The van der Waals surface area contributed by atoms with E-state index in [9.17, 15) is 14.4 Å². The van der Waals surface area contributed by atoms with Crippen molar-refractivity contribution in [2.75, 3.05) is 5.73 Å². The summed E-state index contributed by atoms with van der Waals surface area (Å²) in [5.74, 6) is -2.59. The van der Waals surface area contributed by atoms with Crippen LogP contribution in [0.1, 0.15) is 12.0 Å². The van der Waals surface area contributed by atoms with Crippen LogP contribution in [0, 0.1) is 0 Å². The summed E-state index contributed by atoms with van der Waals surface area (Å²) >= 11 is 0. The van der Waals surface area contributed by atoms with Crippen LogP contribution in [-0.4, -0.2) is 28.9 Å². The smallest absolute Gasteiger partial charge is 0.326 e. The fraction of sp³-hybridized carbons (Fsp3) is 0.250. The van der Waals surface area contributed by atoms with E-state index < -0.39 is 30.2 Å². The zero-order valence-electron chi connectivity index (χ0n) is 10.1. The van der Waals surface area contributed by atoms with Crippen LogP contribution in [0.2, 0.25) is 0 Å². The number of carboxylic acid groups (broad SMARTS) is 1. The molecule has 1 aromatic rings. The van der Waals surface area contributed by atoms with Crippen LogP contribution in [0.25, 0.3) is 0 Å². The highest BCUT2D eigenvalue weighted by Crippen LogP contribution is 2.06. The van der Waals surface area contributed by atoms with Gasteiger partial charge >= 0.3 is 5.97 Å². The SMILES string of the molecule is NC(=O)CC(NC(=O)Cc1ccc(N)cc1)C(=O)O. The van der Waals surface area contributed by atoms with Crippen LogP contribution in [0.15, 0.2) is 24.3 Å². The number of hydrogen-bond acceptors (Lipinski definition) is 4. The fourth-order valence-corrected chi connectivity index (χ4v) is 1.47. The Bertz CT molecular complexity index is 484. The first kappa shape index (κ1) is 14.5. The summed E-state index contributed by atoms with van der Waals surface area (Å²) < 4.78 is 0. The van der Waals surface area contributed by atoms with Crippen molar-refractivity contribution in [2.24, 2.45) is 5.73 Å². The van der Waals surface area contributed by atoms with E-state index >= 15 is 0 Å². The maximum atomic E-state index is 11.6. The van der Waals surface area contributed by atoms with E-state index in [0.29, 0.717) is 11.3 Å². The van der Waals surface area contributed by atoms with Gasteiger partial charge in [0, 0.05) is 5.69 Å². The molecule has 0 heterocycles. The van der Waals surface area contributed by atoms with E-state index in [1.807, 2.05) is 0 Å². The van der Waals surface area contributed by atoms with Gasteiger partial charge in [0.05, 0.1) is 12.8 Å². The summed E-state index contributed by atoms with van der Waals surface area (Å²) in [6, 6.07) is 5.30. The van der Waals surface area contributed by atoms with E-state index in [4.69, 9.17) is 16.6 Å². The largest absolute Gasteiger partial charge is 0.480 e. The van der Waals surface area contributed by atoms with Crippen LogP contribution in [0.4, 0.5) is 5.69 Å². The molecule has 6 N–H and O–H groups in total. The molecular weight excluding hydrogens is 250 g/mol. The predicted octanol–water partition coefficient (Wildman–Crippen LogP) is -0.744. The van der Waals surface area contributed by atoms with E-state index in [-0.39, 0.29) is 6.42 Å². The topological polar surface area (TPSA) is 136 Å². The Kier molecular flexibility index (Phi) is 4.87. The van der Waals surface area contributed by atoms with Gasteiger partial charge in [0.1, 0.15) is 6.04 Å². The van der Waals surface area contributed by atoms with Crippen molar-refractivity contribution in [3.8, 4) is 0 Å². The Balaban J connectivity index is 2.59. The number of nitrogen functional groups attached to an aromatic ring is 1. The molecule has 1 atom stereocenters. The average molecular weight is 265 g/mol. The van der Waals surface area contributed by atoms with Gasteiger partial charge in [-0.3, -0.25) is 9.59 Å². The van der Waals surface area contributed by atoms with Crippen LogP contribution < -0.4 is 16.8 Å². The normalized spacial score (nSPS) is 11.6. The van der Waals surface area contributed by atoms with Crippen molar-refractivity contribution >= 4 is 23.5 Å². The van der Waals surface area contributed by atoms with Gasteiger partial charge in [0.2, 0.25) is 11.8 Å². The second kappa shape index (κ2) is 6.39. The van der Waals surface area contributed by atoms with E-state index in [1.54, 1.807) is 24.3 Å². The molecule has 0 fully saturated rings. The number of anilines is 1. The number of primary amides is 1. The maximum absolute atomic E-state index is 11.6. The molecule has 0 radical (unpaired) electrons. The minimum absolute atomic E-state index is 0.00280. The molecular formula is C12H15N3O4. The number of rotatable bonds is 6. The highest BCUT2D eigenvalue weighted by Gasteiger charge is 2.21. The lowest BCUT2D eigenvalue weighted by atomic mass is 10.1. The molecule has 0 aliphatic carbocycles. The summed E-state index contributed by atoms with van der Waals surface area (Å²) in [5, 5.41) is 11.1. The van der Waals surface area contributed by atoms with Crippen LogP contribution in [0.5, 0.6) is 0 Å². The predicted molar refractivity (Wildman–Crippen MR) is 67.9 cm³/mol. The number of amides is 2. The number of carbonyl (C=O) groups is 3. The number of benzene rings is 1. The van der Waals surface area contributed by atoms with E-state index in [1.165, 1.54) is 0 Å². The Labute approximate surface area is 109 Å². The first-order chi connectivity index (χ1) is 8.88. The van der Waals surface area contributed by atoms with Crippen LogP contribution in [-0.2, 0) is 20.8 Å². The monoisotopic (exact) mass is 265 g/mol. The molecule has 7 nitrogen and oxygen atoms in total. The Morgan fingerprint density at radius 3 is 2.26 bits per heavy atom. The molecule has 1 unspecified atom stereocenters. The molecule has 1 rings (SSSR count). The standard InChI is InChI=1S/C12H15N3O4/c13-8-3-1-7(2-4-8)5-11(17)15-9(12(18)19)6-10(14)16/h1-4,9H,5-6,13H2,(H2,14,16)(H,15,17)(H,18,19). The maximum Gasteiger partial charge on any atom is 0.326 e. The number of hydrogen-bond donors (Lipinski definition) is 4. The zero-order valence-corrected chi connectivity index (χ0v) is 10.1. The van der Waals surface area contributed by atoms with Crippen molar-refractivity contribution in [1.82, 2.24) is 5.32 Å². The van der Waals surface area contributed by atoms with Gasteiger partial charge in [-0.2, -0.15) is 0 Å². The minimum atomic E-state index is -1.31. The van der Waals surface area contributed by atoms with Gasteiger partial charge in [-0.05, 0) is 17.7 Å². The third-order valence-electron chi connectivity index (χ3n) is 2.38. The fourth-order valence-electron chi connectivity index (χ4n) is 1.47. The molecule has 0 aliphatic heterocycles. The van der Waals surface area contributed by atoms with Crippen molar-refractivity contribution in [3.63, 3.8) is 0 Å². The van der Waals surface area contributed by atoms with E-state index in [2.05, 4.69) is 5.32 Å². The van der Waals surface area contributed by atoms with Crippen LogP contribution in [0.3, 0.4) is 0 Å². The highest BCUT2D eigenvalue weighted by atomic mass is 16.4. The van der Waals surface area contributed by atoms with Gasteiger partial charge in [-0.1, -0.05) is 12.1 Å². The Hall–Kier alpha value is -2.57. The zero-order chi connectivity index (χ0) is 14.4. The third-order valence-corrected chi connectivity index (χ3v) is 2.38. The molecule has 0 aliphatic rings. The molecule has 1 aromatic carbocycles. The molecule has 0 saturated heterocycles. The summed E-state index contributed by atoms with van der Waals surface area (Å²) in [7, 11) is 0. The van der Waals surface area contributed by atoms with Crippen LogP contribution >= 0.6 is 0 Å². The highest BCUT2D eigenvalue weighted by molar-refractivity contribution is 5.88. The molecule has 19 heavy (non-hydrogen) atoms. The quantitative estimate of drug-likeness (QED) is 0.502. The van der Waals surface area contributed by atoms with Gasteiger partial charge in [0.15, 0.2) is 0 Å². The molecule has 0 bridgehead atoms. The number of aliphatic carboxylic acids is 1. The first-order valence-electron chi connectivity index (χ1n) is 5.53. The molecule has 2 amide bonds. The number of carboxylic acids is 1. The Morgan fingerprint density at radius 2 is 1.79 bits per heavy atom. The summed E-state index contributed by atoms with van der Waals surface area (Å²) in [6.07, 6.45) is -0.439. The number of carbonyl (C=O) groups excluding carboxylic acids is 2. The Morgan fingerprint density at radius 1 is 1.21 bits per heavy atom. The lowest BCUT2D eigenvalue weighted by Crippen LogP contribution is -2.43. The van der Waals surface area contributed by atoms with Crippen molar-refractivity contribution < 1.29 is 19.5 Å². The lowest BCUT2D eigenvalue weighted by Gasteiger charge is -2.12. The van der Waals surface area contributed by atoms with E-state index in [0.717, 1.165) is 0 Å².